The molecule has 1 rings (SSSR count). The van der Waals surface area contributed by atoms with E-state index in [0.29, 0.717) is 12.3 Å². The zero-order valence-electron chi connectivity index (χ0n) is 10.9. The molecule has 19 heavy (non-hydrogen) atoms. The van der Waals surface area contributed by atoms with Gasteiger partial charge < -0.3 is 10.1 Å². The first-order valence-corrected chi connectivity index (χ1v) is 6.36. The van der Waals surface area contributed by atoms with Crippen LogP contribution >= 0.6 is 11.6 Å². The number of rotatable bonds is 5. The van der Waals surface area contributed by atoms with Gasteiger partial charge in [0.2, 0.25) is 5.91 Å². The molecule has 4 nitrogen and oxygen atoms in total. The molecular weight excluding hydrogens is 266 g/mol. The fourth-order valence-corrected chi connectivity index (χ4v) is 1.33. The molecule has 1 unspecified atom stereocenters. The summed E-state index contributed by atoms with van der Waals surface area (Å²) in [5, 5.41) is 2.09. The number of ether oxygens (including phenoxy) is 1. The van der Waals surface area contributed by atoms with Crippen molar-refractivity contribution < 1.29 is 14.3 Å². The van der Waals surface area contributed by atoms with E-state index in [0.717, 1.165) is 5.56 Å². The molecule has 0 bridgehead atoms. The zero-order chi connectivity index (χ0) is 14.3. The molecule has 0 aromatic heterocycles. The summed E-state index contributed by atoms with van der Waals surface area (Å²) in [6, 6.07) is 7.04. The van der Waals surface area contributed by atoms with E-state index in [2.05, 4.69) is 5.32 Å². The highest BCUT2D eigenvalue weighted by atomic mass is 35.5. The Kier molecular flexibility index (Phi) is 6.09. The van der Waals surface area contributed by atoms with Crippen molar-refractivity contribution in [1.29, 1.82) is 0 Å². The lowest BCUT2D eigenvalue weighted by molar-refractivity contribution is -0.137. The summed E-state index contributed by atoms with van der Waals surface area (Å²) in [5.74, 6) is -0.632. The monoisotopic (exact) mass is 281 g/mol. The van der Waals surface area contributed by atoms with Crippen molar-refractivity contribution in [3.8, 4) is 0 Å². The van der Waals surface area contributed by atoms with E-state index in [1.165, 1.54) is 6.08 Å². The van der Waals surface area contributed by atoms with Crippen LogP contribution in [0.3, 0.4) is 0 Å². The van der Waals surface area contributed by atoms with Crippen molar-refractivity contribution in [3.63, 3.8) is 0 Å². The maximum Gasteiger partial charge on any atom is 0.330 e. The first kappa shape index (κ1) is 15.2. The van der Waals surface area contributed by atoms with Crippen LogP contribution in [0.25, 0.3) is 6.08 Å². The number of esters is 1. The normalized spacial score (nSPS) is 12.2. The van der Waals surface area contributed by atoms with Crippen molar-refractivity contribution in [2.75, 3.05) is 11.9 Å². The Labute approximate surface area is 117 Å². The predicted molar refractivity (Wildman–Crippen MR) is 76.1 cm³/mol. The molecule has 1 aromatic carbocycles. The Bertz CT molecular complexity index is 466. The number of alkyl halides is 1. The minimum absolute atomic E-state index is 0.253. The highest BCUT2D eigenvalue weighted by molar-refractivity contribution is 6.32. The van der Waals surface area contributed by atoms with Crippen molar-refractivity contribution in [1.82, 2.24) is 0 Å². The summed E-state index contributed by atoms with van der Waals surface area (Å²) < 4.78 is 4.77. The largest absolute Gasteiger partial charge is 0.463 e. The summed E-state index contributed by atoms with van der Waals surface area (Å²) in [6.07, 6.45) is 3.01. The lowest BCUT2D eigenvalue weighted by atomic mass is 10.2. The van der Waals surface area contributed by atoms with Gasteiger partial charge in [-0.25, -0.2) is 4.79 Å². The number of amides is 1. The van der Waals surface area contributed by atoms with Gasteiger partial charge in [-0.2, -0.15) is 0 Å². The molecule has 1 amide bonds. The lowest BCUT2D eigenvalue weighted by Crippen LogP contribution is -2.20. The van der Waals surface area contributed by atoms with Crippen molar-refractivity contribution >= 4 is 35.2 Å². The molecule has 0 aliphatic carbocycles. The average molecular weight is 282 g/mol. The molecule has 102 valence electrons. The summed E-state index contributed by atoms with van der Waals surface area (Å²) in [4.78, 5) is 22.5. The number of hydrogen-bond acceptors (Lipinski definition) is 3. The molecule has 0 heterocycles. The van der Waals surface area contributed by atoms with Gasteiger partial charge in [-0.3, -0.25) is 4.79 Å². The van der Waals surface area contributed by atoms with Crippen molar-refractivity contribution in [2.45, 2.75) is 19.2 Å². The zero-order valence-corrected chi connectivity index (χ0v) is 11.6. The second kappa shape index (κ2) is 7.59. The number of carbonyl (C=O) groups excluding carboxylic acids is 2. The molecule has 1 aromatic rings. The van der Waals surface area contributed by atoms with E-state index in [4.69, 9.17) is 16.3 Å². The number of carbonyl (C=O) groups is 2. The predicted octanol–water partition coefficient (Wildman–Crippen LogP) is 2.83. The summed E-state index contributed by atoms with van der Waals surface area (Å²) in [7, 11) is 0. The van der Waals surface area contributed by atoms with Crippen LogP contribution in [-0.2, 0) is 14.3 Å². The number of hydrogen-bond donors (Lipinski definition) is 1. The molecule has 0 saturated heterocycles. The van der Waals surface area contributed by atoms with Gasteiger partial charge in [-0.1, -0.05) is 12.1 Å². The number of nitrogens with one attached hydrogen (secondary N) is 1. The van der Waals surface area contributed by atoms with Gasteiger partial charge in [0.05, 0.1) is 6.61 Å². The first-order chi connectivity index (χ1) is 9.02. The molecule has 0 aliphatic heterocycles. The smallest absolute Gasteiger partial charge is 0.330 e. The third-order valence-electron chi connectivity index (χ3n) is 2.24. The van der Waals surface area contributed by atoms with Crippen LogP contribution in [0, 0.1) is 0 Å². The minimum Gasteiger partial charge on any atom is -0.463 e. The van der Waals surface area contributed by atoms with Crippen LogP contribution in [0.5, 0.6) is 0 Å². The van der Waals surface area contributed by atoms with Gasteiger partial charge >= 0.3 is 5.97 Å². The fourth-order valence-electron chi connectivity index (χ4n) is 1.27. The Hall–Kier alpha value is -1.81. The molecule has 0 aliphatic rings. The van der Waals surface area contributed by atoms with Crippen LogP contribution in [-0.4, -0.2) is 23.9 Å². The van der Waals surface area contributed by atoms with Crippen LogP contribution in [0.2, 0.25) is 0 Å². The second-order valence-electron chi connectivity index (χ2n) is 3.81. The average Bonchev–Trinajstić information content (AvgIpc) is 2.38. The third kappa shape index (κ3) is 5.57. The van der Waals surface area contributed by atoms with Crippen LogP contribution in [0.4, 0.5) is 5.69 Å². The summed E-state index contributed by atoms with van der Waals surface area (Å²) >= 11 is 5.65. The summed E-state index contributed by atoms with van der Waals surface area (Å²) in [6.45, 7) is 3.71. The van der Waals surface area contributed by atoms with Crippen LogP contribution < -0.4 is 5.32 Å². The van der Waals surface area contributed by atoms with Crippen molar-refractivity contribution in [3.05, 3.63) is 35.9 Å². The molecular formula is C14H16ClNO3. The van der Waals surface area contributed by atoms with Crippen LogP contribution in [0.15, 0.2) is 30.3 Å². The maximum atomic E-state index is 11.4. The quantitative estimate of drug-likeness (QED) is 0.513. The number of benzene rings is 1. The molecule has 0 spiro atoms. The van der Waals surface area contributed by atoms with Gasteiger partial charge in [0, 0.05) is 11.8 Å². The fraction of sp³-hybridized carbons (Fsp3) is 0.286. The highest BCUT2D eigenvalue weighted by Crippen LogP contribution is 2.12. The van der Waals surface area contributed by atoms with Gasteiger partial charge in [0.15, 0.2) is 0 Å². The first-order valence-electron chi connectivity index (χ1n) is 5.92. The Balaban J connectivity index is 2.61. The summed E-state index contributed by atoms with van der Waals surface area (Å²) in [5.41, 5.74) is 1.50. The van der Waals surface area contributed by atoms with E-state index in [1.807, 2.05) is 0 Å². The van der Waals surface area contributed by atoms with E-state index in [9.17, 15) is 9.59 Å². The standard InChI is InChI=1S/C14H16ClNO3/c1-3-19-13(17)9-6-11-4-7-12(8-5-11)16-14(18)10(2)15/h4-10H,3H2,1-2H3,(H,16,18)/b9-6+. The Morgan fingerprint density at radius 2 is 2.00 bits per heavy atom. The topological polar surface area (TPSA) is 55.4 Å². The highest BCUT2D eigenvalue weighted by Gasteiger charge is 2.08. The number of halogens is 1. The lowest BCUT2D eigenvalue weighted by Gasteiger charge is -2.06. The molecule has 1 atom stereocenters. The van der Waals surface area contributed by atoms with E-state index >= 15 is 0 Å². The van der Waals surface area contributed by atoms with Gasteiger partial charge in [-0.05, 0) is 37.6 Å². The van der Waals surface area contributed by atoms with E-state index in [-0.39, 0.29) is 11.9 Å². The van der Waals surface area contributed by atoms with E-state index < -0.39 is 5.38 Å². The van der Waals surface area contributed by atoms with Gasteiger partial charge in [0.1, 0.15) is 5.38 Å². The second-order valence-corrected chi connectivity index (χ2v) is 4.47. The van der Waals surface area contributed by atoms with Gasteiger partial charge in [0.25, 0.3) is 0 Å². The maximum absolute atomic E-state index is 11.4. The van der Waals surface area contributed by atoms with Crippen LogP contribution in [0.1, 0.15) is 19.4 Å². The van der Waals surface area contributed by atoms with E-state index in [1.54, 1.807) is 44.2 Å². The van der Waals surface area contributed by atoms with Gasteiger partial charge in [-0.15, -0.1) is 11.6 Å². The minimum atomic E-state index is -0.580. The SMILES string of the molecule is CCOC(=O)/C=C/c1ccc(NC(=O)C(C)Cl)cc1. The Morgan fingerprint density at radius 1 is 1.37 bits per heavy atom. The molecule has 0 fully saturated rings. The Morgan fingerprint density at radius 3 is 2.53 bits per heavy atom. The number of anilines is 1. The third-order valence-corrected chi connectivity index (χ3v) is 2.44. The molecule has 0 saturated carbocycles. The molecule has 5 heteroatoms. The molecule has 0 radical (unpaired) electrons. The molecule has 1 N–H and O–H groups in total. The van der Waals surface area contributed by atoms with Crippen molar-refractivity contribution in [2.24, 2.45) is 0 Å².